The lowest BCUT2D eigenvalue weighted by Gasteiger charge is -2.33. The van der Waals surface area contributed by atoms with E-state index >= 15 is 0 Å². The van der Waals surface area contributed by atoms with Gasteiger partial charge >= 0.3 is 0 Å². The summed E-state index contributed by atoms with van der Waals surface area (Å²) in [5.41, 5.74) is 0. The van der Waals surface area contributed by atoms with Crippen molar-refractivity contribution >= 4 is 17.7 Å². The van der Waals surface area contributed by atoms with Gasteiger partial charge in [0.15, 0.2) is 0 Å². The topological polar surface area (TPSA) is 32.3 Å². The van der Waals surface area contributed by atoms with Gasteiger partial charge in [0.2, 0.25) is 5.91 Å². The number of carbonyl (C=O) groups excluding carboxylic acids is 1. The first-order valence-electron chi connectivity index (χ1n) is 7.92. The summed E-state index contributed by atoms with van der Waals surface area (Å²) in [7, 11) is 0. The Morgan fingerprint density at radius 3 is 2.74 bits per heavy atom. The number of rotatable bonds is 6. The molecule has 19 heavy (non-hydrogen) atoms. The predicted molar refractivity (Wildman–Crippen MR) is 82.3 cm³/mol. The Morgan fingerprint density at radius 1 is 1.32 bits per heavy atom. The van der Waals surface area contributed by atoms with Crippen LogP contribution in [-0.2, 0) is 4.79 Å². The quantitative estimate of drug-likeness (QED) is 0.814. The van der Waals surface area contributed by atoms with Gasteiger partial charge in [0.05, 0.1) is 12.2 Å². The third-order valence-electron chi connectivity index (χ3n) is 4.40. The zero-order valence-corrected chi connectivity index (χ0v) is 13.3. The fourth-order valence-corrected chi connectivity index (χ4v) is 4.81. The van der Waals surface area contributed by atoms with E-state index in [1.807, 2.05) is 11.8 Å². The monoisotopic (exact) mass is 284 g/mol. The van der Waals surface area contributed by atoms with Crippen molar-refractivity contribution in [1.82, 2.24) is 10.2 Å². The van der Waals surface area contributed by atoms with E-state index < -0.39 is 0 Å². The summed E-state index contributed by atoms with van der Waals surface area (Å²) in [6.07, 6.45) is 7.09. The van der Waals surface area contributed by atoms with Gasteiger partial charge in [0.1, 0.15) is 0 Å². The highest BCUT2D eigenvalue weighted by Crippen LogP contribution is 2.36. The van der Waals surface area contributed by atoms with Crippen LogP contribution in [0.4, 0.5) is 0 Å². The highest BCUT2D eigenvalue weighted by atomic mass is 32.2. The van der Waals surface area contributed by atoms with Crippen molar-refractivity contribution in [3.63, 3.8) is 0 Å². The smallest absolute Gasteiger partial charge is 0.241 e. The number of carbonyl (C=O) groups is 1. The molecular formula is C15H28N2OS. The zero-order valence-electron chi connectivity index (χ0n) is 12.5. The molecular weight excluding hydrogens is 256 g/mol. The van der Waals surface area contributed by atoms with Gasteiger partial charge in [-0.2, -0.15) is 11.8 Å². The van der Waals surface area contributed by atoms with Crippen molar-refractivity contribution in [2.75, 3.05) is 5.75 Å². The third-order valence-corrected chi connectivity index (χ3v) is 5.71. The summed E-state index contributed by atoms with van der Waals surface area (Å²) in [5.74, 6) is 1.52. The molecule has 1 saturated carbocycles. The maximum atomic E-state index is 12.7. The molecule has 4 atom stereocenters. The summed E-state index contributed by atoms with van der Waals surface area (Å²) >= 11 is 2.04. The zero-order chi connectivity index (χ0) is 13.8. The molecule has 0 bridgehead atoms. The van der Waals surface area contributed by atoms with Gasteiger partial charge in [-0.05, 0) is 31.4 Å². The second kappa shape index (κ2) is 6.98. The van der Waals surface area contributed by atoms with Gasteiger partial charge < -0.3 is 4.90 Å². The molecule has 1 N–H and O–H groups in total. The molecule has 1 aliphatic carbocycles. The minimum atomic E-state index is 0.0721. The Kier molecular flexibility index (Phi) is 5.58. The number of thioether (sulfide) groups is 1. The highest BCUT2D eigenvalue weighted by Gasteiger charge is 2.44. The lowest BCUT2D eigenvalue weighted by atomic mass is 10.1. The van der Waals surface area contributed by atoms with Crippen LogP contribution < -0.4 is 5.32 Å². The summed E-state index contributed by atoms with van der Waals surface area (Å²) in [6, 6.07) is 0.541. The van der Waals surface area contributed by atoms with Crippen molar-refractivity contribution in [2.45, 2.75) is 82.8 Å². The van der Waals surface area contributed by atoms with Crippen molar-refractivity contribution in [3.8, 4) is 0 Å². The van der Waals surface area contributed by atoms with Crippen LogP contribution in [0.2, 0.25) is 0 Å². The Labute approximate surface area is 121 Å². The molecule has 2 rings (SSSR count). The van der Waals surface area contributed by atoms with Gasteiger partial charge in [0.25, 0.3) is 0 Å². The molecule has 0 aromatic rings. The average molecular weight is 284 g/mol. The normalized spacial score (nSPS) is 35.3. The highest BCUT2D eigenvalue weighted by molar-refractivity contribution is 7.99. The van der Waals surface area contributed by atoms with Crippen molar-refractivity contribution in [3.05, 3.63) is 0 Å². The van der Waals surface area contributed by atoms with Crippen molar-refractivity contribution < 1.29 is 4.79 Å². The van der Waals surface area contributed by atoms with Gasteiger partial charge in [0, 0.05) is 11.3 Å². The molecule has 0 aromatic heterocycles. The Morgan fingerprint density at radius 2 is 2.11 bits per heavy atom. The molecule has 110 valence electrons. The number of hydrogen-bond acceptors (Lipinski definition) is 3. The molecule has 1 aliphatic heterocycles. The van der Waals surface area contributed by atoms with E-state index in [0.717, 1.165) is 25.0 Å². The van der Waals surface area contributed by atoms with E-state index in [1.54, 1.807) is 0 Å². The van der Waals surface area contributed by atoms with Crippen LogP contribution in [0.25, 0.3) is 0 Å². The van der Waals surface area contributed by atoms with Crippen molar-refractivity contribution in [2.24, 2.45) is 0 Å². The molecule has 4 unspecified atom stereocenters. The number of amides is 1. The van der Waals surface area contributed by atoms with E-state index in [1.165, 1.54) is 19.3 Å². The van der Waals surface area contributed by atoms with Crippen LogP contribution in [-0.4, -0.2) is 40.1 Å². The number of nitrogens with zero attached hydrogens (tertiary/aromatic N) is 1. The minimum absolute atomic E-state index is 0.0721. The molecule has 1 saturated heterocycles. The lowest BCUT2D eigenvalue weighted by Crippen LogP contribution is -2.47. The summed E-state index contributed by atoms with van der Waals surface area (Å²) in [5, 5.41) is 4.21. The van der Waals surface area contributed by atoms with Crippen LogP contribution in [0.5, 0.6) is 0 Å². The molecule has 1 amide bonds. The summed E-state index contributed by atoms with van der Waals surface area (Å²) < 4.78 is 0. The van der Waals surface area contributed by atoms with E-state index in [4.69, 9.17) is 0 Å². The van der Waals surface area contributed by atoms with Crippen LogP contribution in [0, 0.1) is 0 Å². The molecule has 4 heteroatoms. The minimum Gasteiger partial charge on any atom is -0.322 e. The standard InChI is InChI=1S/C15H28N2OS/c1-4-8-11-15(18)17(14(5-2)16-11)12-9-7-10-13(12)19-6-3/h11-14,16H,4-10H2,1-3H3. The maximum Gasteiger partial charge on any atom is 0.241 e. The number of nitrogens with one attached hydrogen (secondary N) is 1. The average Bonchev–Trinajstić information content (AvgIpc) is 2.96. The van der Waals surface area contributed by atoms with Crippen LogP contribution in [0.15, 0.2) is 0 Å². The molecule has 1 heterocycles. The predicted octanol–water partition coefficient (Wildman–Crippen LogP) is 3.00. The van der Waals surface area contributed by atoms with Crippen LogP contribution in [0.1, 0.15) is 59.3 Å². The maximum absolute atomic E-state index is 12.7. The van der Waals surface area contributed by atoms with Gasteiger partial charge in [-0.25, -0.2) is 0 Å². The van der Waals surface area contributed by atoms with Gasteiger partial charge in [-0.1, -0.05) is 33.6 Å². The van der Waals surface area contributed by atoms with E-state index in [0.29, 0.717) is 17.2 Å². The molecule has 3 nitrogen and oxygen atoms in total. The van der Waals surface area contributed by atoms with E-state index in [2.05, 4.69) is 31.0 Å². The number of hydrogen-bond donors (Lipinski definition) is 1. The lowest BCUT2D eigenvalue weighted by molar-refractivity contribution is -0.132. The fraction of sp³-hybridized carbons (Fsp3) is 0.933. The Bertz CT molecular complexity index is 311. The molecule has 0 aromatic carbocycles. The first-order valence-corrected chi connectivity index (χ1v) is 8.97. The van der Waals surface area contributed by atoms with Crippen LogP contribution >= 0.6 is 11.8 Å². The Hall–Kier alpha value is -0.220. The van der Waals surface area contributed by atoms with Crippen molar-refractivity contribution in [1.29, 1.82) is 0 Å². The summed E-state index contributed by atoms with van der Waals surface area (Å²) in [4.78, 5) is 14.9. The second-order valence-electron chi connectivity index (χ2n) is 5.67. The van der Waals surface area contributed by atoms with E-state index in [-0.39, 0.29) is 12.2 Å². The Balaban J connectivity index is 2.09. The molecule has 2 fully saturated rings. The van der Waals surface area contributed by atoms with Gasteiger partial charge in [-0.3, -0.25) is 10.1 Å². The second-order valence-corrected chi connectivity index (χ2v) is 7.19. The molecule has 0 radical (unpaired) electrons. The van der Waals surface area contributed by atoms with Crippen LogP contribution in [0.3, 0.4) is 0 Å². The third kappa shape index (κ3) is 3.10. The van der Waals surface area contributed by atoms with Gasteiger partial charge in [-0.15, -0.1) is 0 Å². The molecule has 2 aliphatic rings. The fourth-order valence-electron chi connectivity index (χ4n) is 3.56. The van der Waals surface area contributed by atoms with E-state index in [9.17, 15) is 4.79 Å². The largest absolute Gasteiger partial charge is 0.322 e. The summed E-state index contributed by atoms with van der Waals surface area (Å²) in [6.45, 7) is 6.56. The first kappa shape index (κ1) is 15.2. The SMILES string of the molecule is CCCC1NC(CC)N(C2CCCC2SCC)C1=O. The molecule has 0 spiro atoms. The first-order chi connectivity index (χ1) is 9.22.